The van der Waals surface area contributed by atoms with Gasteiger partial charge in [0.1, 0.15) is 17.1 Å². The first kappa shape index (κ1) is 24.1. The summed E-state index contributed by atoms with van der Waals surface area (Å²) in [5, 5.41) is 11.0. The third-order valence-electron chi connectivity index (χ3n) is 5.78. The Labute approximate surface area is 204 Å². The summed E-state index contributed by atoms with van der Waals surface area (Å²) in [6, 6.07) is 10.6. The van der Waals surface area contributed by atoms with Crippen LogP contribution in [0.3, 0.4) is 0 Å². The van der Waals surface area contributed by atoms with E-state index >= 15 is 0 Å². The van der Waals surface area contributed by atoms with Gasteiger partial charge in [0, 0.05) is 42.3 Å². The molecule has 1 saturated heterocycles. The van der Waals surface area contributed by atoms with Gasteiger partial charge in [0.2, 0.25) is 5.88 Å². The third kappa shape index (κ3) is 5.21. The molecule has 10 heteroatoms. The van der Waals surface area contributed by atoms with Crippen molar-refractivity contribution in [1.29, 1.82) is 0 Å². The number of urea groups is 1. The molecule has 35 heavy (non-hydrogen) atoms. The Morgan fingerprint density at radius 3 is 2.34 bits per heavy atom. The fraction of sp³-hybridized carbons (Fsp3) is 0.360. The number of likely N-dealkylation sites (tertiary alicyclic amines) is 1. The molecule has 10 nitrogen and oxygen atoms in total. The second-order valence-electron chi connectivity index (χ2n) is 9.43. The van der Waals surface area contributed by atoms with Crippen molar-refractivity contribution >= 4 is 29.1 Å². The molecule has 3 amide bonds. The number of nitrogens with zero attached hydrogens (tertiary/aromatic N) is 4. The molecule has 0 spiro atoms. The van der Waals surface area contributed by atoms with Crippen molar-refractivity contribution in [3.05, 3.63) is 48.2 Å². The van der Waals surface area contributed by atoms with E-state index in [2.05, 4.69) is 15.6 Å². The molecule has 2 aromatic heterocycles. The van der Waals surface area contributed by atoms with Gasteiger partial charge in [-0.05, 0) is 51.8 Å². The van der Waals surface area contributed by atoms with Crippen LogP contribution in [0.15, 0.2) is 42.6 Å². The Bertz CT molecular complexity index is 1220. The topological polar surface area (TPSA) is 127 Å². The fourth-order valence-electron chi connectivity index (χ4n) is 4.02. The maximum atomic E-state index is 12.7. The second-order valence-corrected chi connectivity index (χ2v) is 9.43. The molecule has 1 aliphatic rings. The Hall–Kier alpha value is -4.08. The average molecular weight is 478 g/mol. The van der Waals surface area contributed by atoms with E-state index in [1.54, 1.807) is 40.0 Å². The zero-order chi connectivity index (χ0) is 25.2. The molecule has 0 atom stereocenters. The first-order chi connectivity index (χ1) is 16.7. The van der Waals surface area contributed by atoms with Crippen LogP contribution in [-0.2, 0) is 5.54 Å². The normalized spacial score (nSPS) is 13.5. The number of nitrogens with one attached hydrogen (secondary N) is 2. The number of pyridine rings is 1. The van der Waals surface area contributed by atoms with Crippen LogP contribution < -0.4 is 21.1 Å². The summed E-state index contributed by atoms with van der Waals surface area (Å²) in [4.78, 5) is 31.0. The Kier molecular flexibility index (Phi) is 6.63. The number of anilines is 3. The Morgan fingerprint density at radius 2 is 1.74 bits per heavy atom. The van der Waals surface area contributed by atoms with Gasteiger partial charge in [-0.1, -0.05) is 12.1 Å². The highest BCUT2D eigenvalue weighted by Crippen LogP contribution is 2.35. The van der Waals surface area contributed by atoms with Gasteiger partial charge >= 0.3 is 6.03 Å². The molecule has 1 fully saturated rings. The van der Waals surface area contributed by atoms with Crippen LogP contribution in [0.1, 0.15) is 44.0 Å². The number of benzene rings is 1. The van der Waals surface area contributed by atoms with Crippen molar-refractivity contribution in [2.45, 2.75) is 39.2 Å². The number of nitrogens with two attached hydrogens (primary N) is 1. The molecule has 3 aromatic rings. The Balaban J connectivity index is 1.70. The van der Waals surface area contributed by atoms with Crippen LogP contribution in [0.2, 0.25) is 0 Å². The van der Waals surface area contributed by atoms with E-state index in [4.69, 9.17) is 15.6 Å². The number of carbonyl (C=O) groups excluding carboxylic acids is 2. The average Bonchev–Trinajstić information content (AvgIpc) is 3.48. The van der Waals surface area contributed by atoms with Crippen LogP contribution in [0.25, 0.3) is 11.3 Å². The fourth-order valence-corrected chi connectivity index (χ4v) is 4.02. The van der Waals surface area contributed by atoms with E-state index < -0.39 is 11.4 Å². The number of methoxy groups -OCH3 is 1. The minimum absolute atomic E-state index is 0.107. The summed E-state index contributed by atoms with van der Waals surface area (Å²) < 4.78 is 6.96. The number of aromatic nitrogens is 3. The maximum absolute atomic E-state index is 12.7. The smallest absolute Gasteiger partial charge is 0.321 e. The number of hydrogen-bond acceptors (Lipinski definition) is 6. The van der Waals surface area contributed by atoms with Gasteiger partial charge in [0.05, 0.1) is 12.6 Å². The van der Waals surface area contributed by atoms with E-state index in [0.717, 1.165) is 25.9 Å². The zero-order valence-corrected chi connectivity index (χ0v) is 20.5. The van der Waals surface area contributed by atoms with Gasteiger partial charge in [-0.3, -0.25) is 4.79 Å². The summed E-state index contributed by atoms with van der Waals surface area (Å²) in [5.74, 6) is 0.300. The maximum Gasteiger partial charge on any atom is 0.321 e. The number of carbonyl (C=O) groups is 2. The highest BCUT2D eigenvalue weighted by molar-refractivity contribution is 6.04. The van der Waals surface area contributed by atoms with Crippen LogP contribution in [0, 0.1) is 0 Å². The van der Waals surface area contributed by atoms with Crippen molar-refractivity contribution in [3.8, 4) is 17.1 Å². The highest BCUT2D eigenvalue weighted by Gasteiger charge is 2.29. The SMILES string of the molecule is COc1cc(Nc2c(C(N)=O)c(-c3ccc(NC(=O)N4CCCC4)cc3)nn2C(C)(C)C)ccn1. The summed E-state index contributed by atoms with van der Waals surface area (Å²) in [7, 11) is 1.54. The van der Waals surface area contributed by atoms with Crippen LogP contribution in [0.4, 0.5) is 22.0 Å². The van der Waals surface area contributed by atoms with Gasteiger partial charge in [-0.2, -0.15) is 5.10 Å². The Morgan fingerprint density at radius 1 is 1.06 bits per heavy atom. The largest absolute Gasteiger partial charge is 0.481 e. The van der Waals surface area contributed by atoms with E-state index in [1.165, 1.54) is 7.11 Å². The number of rotatable bonds is 6. The lowest BCUT2D eigenvalue weighted by Crippen LogP contribution is -2.32. The van der Waals surface area contributed by atoms with Crippen LogP contribution in [-0.4, -0.2) is 51.8 Å². The molecular weight excluding hydrogens is 446 g/mol. The molecule has 4 rings (SSSR count). The lowest BCUT2D eigenvalue weighted by Gasteiger charge is -2.23. The summed E-state index contributed by atoms with van der Waals surface area (Å²) >= 11 is 0. The van der Waals surface area contributed by atoms with Gasteiger partial charge in [0.15, 0.2) is 0 Å². The highest BCUT2D eigenvalue weighted by atomic mass is 16.5. The molecule has 0 saturated carbocycles. The molecule has 1 aromatic carbocycles. The molecule has 0 unspecified atom stereocenters. The zero-order valence-electron chi connectivity index (χ0n) is 20.5. The molecule has 4 N–H and O–H groups in total. The van der Waals surface area contributed by atoms with Gasteiger partial charge in [0.25, 0.3) is 5.91 Å². The summed E-state index contributed by atoms with van der Waals surface area (Å²) in [6.45, 7) is 7.52. The van der Waals surface area contributed by atoms with Gasteiger partial charge in [-0.15, -0.1) is 0 Å². The lowest BCUT2D eigenvalue weighted by molar-refractivity contribution is 0.100. The number of hydrogen-bond donors (Lipinski definition) is 3. The van der Waals surface area contributed by atoms with Crippen molar-refractivity contribution in [3.63, 3.8) is 0 Å². The van der Waals surface area contributed by atoms with Crippen molar-refractivity contribution < 1.29 is 14.3 Å². The number of amides is 3. The molecular formula is C25H31N7O3. The predicted molar refractivity (Wildman–Crippen MR) is 135 cm³/mol. The molecule has 0 bridgehead atoms. The van der Waals surface area contributed by atoms with Crippen molar-refractivity contribution in [2.75, 3.05) is 30.8 Å². The minimum atomic E-state index is -0.606. The van der Waals surface area contributed by atoms with E-state index in [9.17, 15) is 9.59 Å². The van der Waals surface area contributed by atoms with E-state index in [1.807, 2.05) is 32.9 Å². The third-order valence-corrected chi connectivity index (χ3v) is 5.78. The van der Waals surface area contributed by atoms with Crippen molar-refractivity contribution in [1.82, 2.24) is 19.7 Å². The summed E-state index contributed by atoms with van der Waals surface area (Å²) in [5.41, 5.74) is 8.17. The first-order valence-electron chi connectivity index (χ1n) is 11.5. The minimum Gasteiger partial charge on any atom is -0.481 e. The summed E-state index contributed by atoms with van der Waals surface area (Å²) in [6.07, 6.45) is 3.67. The monoisotopic (exact) mass is 477 g/mol. The molecule has 3 heterocycles. The van der Waals surface area contributed by atoms with Gasteiger partial charge < -0.3 is 26.0 Å². The second kappa shape index (κ2) is 9.65. The molecule has 184 valence electrons. The number of primary amides is 1. The quantitative estimate of drug-likeness (QED) is 0.489. The molecule has 1 aliphatic heterocycles. The van der Waals surface area contributed by atoms with Crippen LogP contribution >= 0.6 is 0 Å². The van der Waals surface area contributed by atoms with Crippen LogP contribution in [0.5, 0.6) is 5.88 Å². The standard InChI is InChI=1S/C25H31N7O3/c1-25(2,3)32-23(28-18-11-12-27-19(15-18)35-4)20(22(26)33)21(30-32)16-7-9-17(10-8-16)29-24(34)31-13-5-6-14-31/h7-12,15H,5-6,13-14H2,1-4H3,(H2,26,33)(H,27,28)(H,29,34). The van der Waals surface area contributed by atoms with E-state index in [-0.39, 0.29) is 11.6 Å². The van der Waals surface area contributed by atoms with Crippen molar-refractivity contribution in [2.24, 2.45) is 5.73 Å². The molecule has 0 radical (unpaired) electrons. The van der Waals surface area contributed by atoms with E-state index in [0.29, 0.717) is 34.3 Å². The lowest BCUT2D eigenvalue weighted by atomic mass is 10.1. The molecule has 0 aliphatic carbocycles. The first-order valence-corrected chi connectivity index (χ1v) is 11.5. The number of ether oxygens (including phenoxy) is 1. The predicted octanol–water partition coefficient (Wildman–Crippen LogP) is 4.18. The van der Waals surface area contributed by atoms with Gasteiger partial charge in [-0.25, -0.2) is 14.5 Å².